The summed E-state index contributed by atoms with van der Waals surface area (Å²) in [5, 5.41) is 15.3. The molecule has 0 saturated heterocycles. The van der Waals surface area contributed by atoms with Gasteiger partial charge in [-0.1, -0.05) is 87.5 Å². The van der Waals surface area contributed by atoms with Crippen molar-refractivity contribution in [1.29, 1.82) is 0 Å². The van der Waals surface area contributed by atoms with Crippen LogP contribution in [0.15, 0.2) is 95.8 Å². The first-order valence-electron chi connectivity index (χ1n) is 11.3. The molecule has 1 aromatic heterocycles. The van der Waals surface area contributed by atoms with Gasteiger partial charge in [0.2, 0.25) is 5.52 Å². The molecule has 0 spiro atoms. The van der Waals surface area contributed by atoms with Crippen LogP contribution in [0.1, 0.15) is 31.9 Å². The molecule has 0 fully saturated rings. The first kappa shape index (κ1) is 21.7. The third-order valence-electron chi connectivity index (χ3n) is 6.11. The zero-order valence-electron chi connectivity index (χ0n) is 19.5. The van der Waals surface area contributed by atoms with E-state index < -0.39 is 5.56 Å². The van der Waals surface area contributed by atoms with E-state index in [0.717, 1.165) is 16.3 Å². The summed E-state index contributed by atoms with van der Waals surface area (Å²) in [4.78, 5) is 19.6. The van der Waals surface area contributed by atoms with E-state index in [1.807, 2.05) is 48.5 Å². The van der Waals surface area contributed by atoms with Crippen LogP contribution in [0.4, 0.5) is 0 Å². The minimum atomic E-state index is -0.490. The fourth-order valence-electron chi connectivity index (χ4n) is 4.17. The zero-order valence-corrected chi connectivity index (χ0v) is 19.5. The SMILES string of the molecule is CC(C)(C)c1ccc(COn2c(=O)c(-c3ccc4ccccc4c3)[n+]([O-])c3ccccc32)cc1. The lowest BCUT2D eigenvalue weighted by Gasteiger charge is -2.19. The van der Waals surface area contributed by atoms with Gasteiger partial charge in [-0.2, -0.15) is 4.73 Å². The maximum atomic E-state index is 13.6. The fraction of sp³-hybridized carbons (Fsp3) is 0.172. The van der Waals surface area contributed by atoms with Gasteiger partial charge in [-0.05, 0) is 45.5 Å². The van der Waals surface area contributed by atoms with Crippen LogP contribution < -0.4 is 15.1 Å². The van der Waals surface area contributed by atoms with Crippen molar-refractivity contribution in [2.45, 2.75) is 32.8 Å². The molecule has 4 aromatic carbocycles. The second-order valence-corrected chi connectivity index (χ2v) is 9.51. The molecule has 5 aromatic rings. The Kier molecular flexibility index (Phi) is 5.33. The summed E-state index contributed by atoms with van der Waals surface area (Å²) in [6.07, 6.45) is 0. The van der Waals surface area contributed by atoms with Crippen molar-refractivity contribution in [1.82, 2.24) is 4.73 Å². The van der Waals surface area contributed by atoms with Gasteiger partial charge in [0.15, 0.2) is 5.52 Å². The molecule has 0 aliphatic heterocycles. The average Bonchev–Trinajstić information content (AvgIpc) is 2.84. The van der Waals surface area contributed by atoms with Gasteiger partial charge in [0.1, 0.15) is 6.61 Å². The van der Waals surface area contributed by atoms with Crippen LogP contribution in [0.3, 0.4) is 0 Å². The van der Waals surface area contributed by atoms with Crippen molar-refractivity contribution in [2.24, 2.45) is 0 Å². The Balaban J connectivity index is 1.59. The van der Waals surface area contributed by atoms with Gasteiger partial charge in [-0.15, -0.1) is 4.73 Å². The van der Waals surface area contributed by atoms with Crippen LogP contribution in [-0.2, 0) is 12.0 Å². The average molecular weight is 451 g/mol. The number of nitrogens with zero attached hydrogens (tertiary/aromatic N) is 2. The molecule has 0 N–H and O–H groups in total. The Bertz CT molecular complexity index is 1560. The number of aromatic nitrogens is 2. The molecule has 170 valence electrons. The molecule has 5 rings (SSSR count). The van der Waals surface area contributed by atoms with E-state index in [4.69, 9.17) is 4.84 Å². The van der Waals surface area contributed by atoms with Crippen LogP contribution in [-0.4, -0.2) is 4.73 Å². The van der Waals surface area contributed by atoms with Crippen molar-refractivity contribution >= 4 is 21.8 Å². The second kappa shape index (κ2) is 8.34. The van der Waals surface area contributed by atoms with Gasteiger partial charge in [-0.3, -0.25) is 4.79 Å². The van der Waals surface area contributed by atoms with Crippen LogP contribution in [0.5, 0.6) is 0 Å². The molecular formula is C29H26N2O3. The maximum absolute atomic E-state index is 13.6. The molecule has 0 amide bonds. The number of para-hydroxylation sites is 2. The smallest absolute Gasteiger partial charge is 0.357 e. The van der Waals surface area contributed by atoms with Crippen molar-refractivity contribution in [2.75, 3.05) is 0 Å². The number of hydrogen-bond donors (Lipinski definition) is 0. The Hall–Kier alpha value is -4.12. The summed E-state index contributed by atoms with van der Waals surface area (Å²) in [6, 6.07) is 28.6. The molecule has 0 bridgehead atoms. The van der Waals surface area contributed by atoms with E-state index in [1.54, 1.807) is 30.3 Å². The monoisotopic (exact) mass is 450 g/mol. The Morgan fingerprint density at radius 3 is 2.26 bits per heavy atom. The molecule has 5 heteroatoms. The zero-order chi connectivity index (χ0) is 23.9. The van der Waals surface area contributed by atoms with Gasteiger partial charge >= 0.3 is 5.56 Å². The Morgan fingerprint density at radius 1 is 0.853 bits per heavy atom. The lowest BCUT2D eigenvalue weighted by Crippen LogP contribution is -2.42. The predicted octanol–water partition coefficient (Wildman–Crippen LogP) is 5.38. The summed E-state index contributed by atoms with van der Waals surface area (Å²) in [7, 11) is 0. The van der Waals surface area contributed by atoms with E-state index >= 15 is 0 Å². The molecule has 0 aliphatic rings. The molecule has 34 heavy (non-hydrogen) atoms. The van der Waals surface area contributed by atoms with Crippen LogP contribution in [0, 0.1) is 5.21 Å². The standard InChI is InChI=1S/C29H26N2O3/c1-29(2,3)24-16-12-20(13-17-24)19-34-31-26-11-7-6-10-25(26)30(33)27(28(31)32)23-15-14-21-8-4-5-9-22(21)18-23/h4-18H,19H2,1-3H3. The van der Waals surface area contributed by atoms with Crippen LogP contribution in [0.25, 0.3) is 33.1 Å². The lowest BCUT2D eigenvalue weighted by atomic mass is 9.87. The minimum absolute atomic E-state index is 0.0348. The quantitative estimate of drug-likeness (QED) is 0.273. The highest BCUT2D eigenvalue weighted by Gasteiger charge is 2.23. The molecule has 1 heterocycles. The van der Waals surface area contributed by atoms with E-state index in [-0.39, 0.29) is 17.7 Å². The van der Waals surface area contributed by atoms with Crippen molar-refractivity contribution < 1.29 is 9.57 Å². The predicted molar refractivity (Wildman–Crippen MR) is 136 cm³/mol. The van der Waals surface area contributed by atoms with Gasteiger partial charge in [0, 0.05) is 6.07 Å². The van der Waals surface area contributed by atoms with E-state index in [9.17, 15) is 10.0 Å². The highest BCUT2D eigenvalue weighted by atomic mass is 16.7. The molecule has 5 nitrogen and oxygen atoms in total. The number of hydrogen-bond acceptors (Lipinski definition) is 3. The maximum Gasteiger partial charge on any atom is 0.357 e. The topological polar surface area (TPSA) is 58.2 Å². The summed E-state index contributed by atoms with van der Waals surface area (Å²) >= 11 is 0. The largest absolute Gasteiger partial charge is 0.618 e. The number of benzene rings is 4. The third-order valence-corrected chi connectivity index (χ3v) is 6.11. The van der Waals surface area contributed by atoms with Crippen molar-refractivity contribution in [3.05, 3.63) is 118 Å². The third kappa shape index (κ3) is 3.90. The first-order valence-corrected chi connectivity index (χ1v) is 11.3. The molecule has 0 atom stereocenters. The summed E-state index contributed by atoms with van der Waals surface area (Å²) in [5.41, 5.74) is 3.12. The van der Waals surface area contributed by atoms with Crippen molar-refractivity contribution in [3.63, 3.8) is 0 Å². The Morgan fingerprint density at radius 2 is 1.53 bits per heavy atom. The van der Waals surface area contributed by atoms with Crippen molar-refractivity contribution in [3.8, 4) is 11.3 Å². The van der Waals surface area contributed by atoms with Crippen LogP contribution >= 0.6 is 0 Å². The highest BCUT2D eigenvalue weighted by molar-refractivity contribution is 5.86. The van der Waals surface area contributed by atoms with Crippen LogP contribution in [0.2, 0.25) is 0 Å². The summed E-state index contributed by atoms with van der Waals surface area (Å²) in [5.74, 6) is 0. The molecular weight excluding hydrogens is 424 g/mol. The fourth-order valence-corrected chi connectivity index (χ4v) is 4.17. The van der Waals surface area contributed by atoms with E-state index in [2.05, 4.69) is 32.9 Å². The van der Waals surface area contributed by atoms with Gasteiger partial charge < -0.3 is 10.0 Å². The molecule has 0 radical (unpaired) electrons. The molecule has 0 unspecified atom stereocenters. The normalized spacial score (nSPS) is 11.7. The first-order chi connectivity index (χ1) is 16.3. The number of rotatable bonds is 4. The molecule has 0 aliphatic carbocycles. The Labute approximate surface area is 198 Å². The van der Waals surface area contributed by atoms with Gasteiger partial charge in [0.25, 0.3) is 5.69 Å². The molecule has 0 saturated carbocycles. The lowest BCUT2D eigenvalue weighted by molar-refractivity contribution is -0.566. The summed E-state index contributed by atoms with van der Waals surface area (Å²) < 4.78 is 1.95. The second-order valence-electron chi connectivity index (χ2n) is 9.51. The van der Waals surface area contributed by atoms with E-state index in [0.29, 0.717) is 21.3 Å². The number of fused-ring (bicyclic) bond motifs is 2. The van der Waals surface area contributed by atoms with E-state index in [1.165, 1.54) is 10.3 Å². The van der Waals surface area contributed by atoms with Gasteiger partial charge in [0.05, 0.1) is 5.56 Å². The minimum Gasteiger partial charge on any atom is -0.618 e. The summed E-state index contributed by atoms with van der Waals surface area (Å²) in [6.45, 7) is 6.70. The highest BCUT2D eigenvalue weighted by Crippen LogP contribution is 2.23. The van der Waals surface area contributed by atoms with Gasteiger partial charge in [-0.25, -0.2) is 0 Å².